The van der Waals surface area contributed by atoms with Crippen LogP contribution < -0.4 is 5.73 Å². The summed E-state index contributed by atoms with van der Waals surface area (Å²) in [4.78, 5) is 11.4. The summed E-state index contributed by atoms with van der Waals surface area (Å²) in [5.41, 5.74) is 6.28. The summed E-state index contributed by atoms with van der Waals surface area (Å²) in [6, 6.07) is 3.02. The molecule has 0 unspecified atom stereocenters. The highest BCUT2D eigenvalue weighted by atomic mass is 35.5. The van der Waals surface area contributed by atoms with E-state index in [2.05, 4.69) is 6.58 Å². The van der Waals surface area contributed by atoms with Crippen molar-refractivity contribution in [2.24, 2.45) is 0 Å². The molecule has 0 aliphatic heterocycles. The molecule has 14 heavy (non-hydrogen) atoms. The van der Waals surface area contributed by atoms with E-state index in [1.807, 2.05) is 0 Å². The minimum atomic E-state index is -0.0798. The number of benzene rings is 1. The quantitative estimate of drug-likeness (QED) is 0.491. The average molecular weight is 230 g/mol. The van der Waals surface area contributed by atoms with Crippen molar-refractivity contribution in [1.29, 1.82) is 0 Å². The Morgan fingerprint density at radius 2 is 1.93 bits per heavy atom. The Kier molecular flexibility index (Phi) is 3.55. The molecule has 0 radical (unpaired) electrons. The van der Waals surface area contributed by atoms with Crippen LogP contribution in [0.5, 0.6) is 0 Å². The van der Waals surface area contributed by atoms with Crippen LogP contribution in [0.4, 0.5) is 5.69 Å². The third-order valence-electron chi connectivity index (χ3n) is 1.73. The first kappa shape index (κ1) is 11.1. The summed E-state index contributed by atoms with van der Waals surface area (Å²) in [5, 5.41) is 0.592. The van der Waals surface area contributed by atoms with Gasteiger partial charge in [0.1, 0.15) is 0 Å². The third kappa shape index (κ3) is 2.28. The molecule has 0 aliphatic carbocycles. The van der Waals surface area contributed by atoms with Gasteiger partial charge in [-0.05, 0) is 12.1 Å². The molecule has 74 valence electrons. The predicted octanol–water partition coefficient (Wildman–Crippen LogP) is 3.33. The van der Waals surface area contributed by atoms with Crippen molar-refractivity contribution in [2.75, 3.05) is 5.73 Å². The van der Waals surface area contributed by atoms with Gasteiger partial charge in [0.25, 0.3) is 0 Å². The molecule has 0 bridgehead atoms. The van der Waals surface area contributed by atoms with E-state index < -0.39 is 0 Å². The number of carbonyl (C=O) groups excluding carboxylic acids is 1. The van der Waals surface area contributed by atoms with Crippen LogP contribution in [0.15, 0.2) is 24.8 Å². The molecule has 0 amide bonds. The smallest absolute Gasteiger partial charge is 0.166 e. The van der Waals surface area contributed by atoms with Crippen molar-refractivity contribution in [3.05, 3.63) is 40.4 Å². The fraction of sp³-hybridized carbons (Fsp3) is 0.100. The van der Waals surface area contributed by atoms with Gasteiger partial charge in [0.15, 0.2) is 5.78 Å². The number of hydrogen-bond acceptors (Lipinski definition) is 2. The summed E-state index contributed by atoms with van der Waals surface area (Å²) < 4.78 is 0. The lowest BCUT2D eigenvalue weighted by Crippen LogP contribution is -1.99. The second-order valence-corrected chi connectivity index (χ2v) is 3.58. The van der Waals surface area contributed by atoms with Gasteiger partial charge in [-0.15, -0.1) is 6.58 Å². The Morgan fingerprint density at radius 3 is 2.36 bits per heavy atom. The number of Topliss-reactive ketones (excluding diaryl/α,β-unsaturated/α-hetero) is 1. The molecular weight excluding hydrogens is 221 g/mol. The number of ketones is 1. The first-order chi connectivity index (χ1) is 6.56. The van der Waals surface area contributed by atoms with Gasteiger partial charge in [-0.25, -0.2) is 0 Å². The summed E-state index contributed by atoms with van der Waals surface area (Å²) in [6.45, 7) is 3.48. The van der Waals surface area contributed by atoms with Crippen LogP contribution in [0.25, 0.3) is 0 Å². The lowest BCUT2D eigenvalue weighted by atomic mass is 10.1. The normalized spacial score (nSPS) is 9.86. The highest BCUT2D eigenvalue weighted by molar-refractivity contribution is 6.39. The van der Waals surface area contributed by atoms with Gasteiger partial charge in [0.2, 0.25) is 0 Å². The molecule has 0 fully saturated rings. The molecular formula is C10H9Cl2NO. The molecule has 2 N–H and O–H groups in total. The molecule has 0 heterocycles. The average Bonchev–Trinajstić information content (AvgIpc) is 2.13. The van der Waals surface area contributed by atoms with E-state index in [4.69, 9.17) is 28.9 Å². The van der Waals surface area contributed by atoms with Gasteiger partial charge >= 0.3 is 0 Å². The minimum absolute atomic E-state index is 0.0798. The van der Waals surface area contributed by atoms with Crippen molar-refractivity contribution in [3.8, 4) is 0 Å². The lowest BCUT2D eigenvalue weighted by Gasteiger charge is -2.04. The zero-order valence-electron chi connectivity index (χ0n) is 7.39. The van der Waals surface area contributed by atoms with Crippen molar-refractivity contribution in [3.63, 3.8) is 0 Å². The van der Waals surface area contributed by atoms with Crippen LogP contribution in [-0.2, 0) is 0 Å². The second-order valence-electron chi connectivity index (χ2n) is 2.77. The Morgan fingerprint density at radius 1 is 1.43 bits per heavy atom. The first-order valence-electron chi connectivity index (χ1n) is 3.95. The molecule has 4 heteroatoms. The van der Waals surface area contributed by atoms with E-state index in [0.29, 0.717) is 21.3 Å². The maximum absolute atomic E-state index is 11.4. The van der Waals surface area contributed by atoms with Crippen molar-refractivity contribution < 1.29 is 4.79 Å². The molecule has 2 nitrogen and oxygen atoms in total. The number of nitrogens with two attached hydrogens (primary N) is 1. The van der Waals surface area contributed by atoms with Gasteiger partial charge in [-0.3, -0.25) is 4.79 Å². The maximum atomic E-state index is 11.4. The molecule has 1 aromatic carbocycles. The Balaban J connectivity index is 3.12. The second kappa shape index (κ2) is 4.49. The summed E-state index contributed by atoms with van der Waals surface area (Å²) in [6.07, 6.45) is 1.79. The number of allylic oxidation sites excluding steroid dienone is 1. The molecule has 0 aromatic heterocycles. The summed E-state index contributed by atoms with van der Waals surface area (Å²) >= 11 is 11.6. The zero-order valence-corrected chi connectivity index (χ0v) is 8.90. The fourth-order valence-corrected chi connectivity index (χ4v) is 1.48. The molecule has 0 atom stereocenters. The van der Waals surface area contributed by atoms with Crippen molar-refractivity contribution in [1.82, 2.24) is 0 Å². The molecule has 0 aliphatic rings. The zero-order chi connectivity index (χ0) is 10.7. The van der Waals surface area contributed by atoms with E-state index in [1.165, 1.54) is 18.2 Å². The maximum Gasteiger partial charge on any atom is 0.166 e. The van der Waals surface area contributed by atoms with Gasteiger partial charge < -0.3 is 5.73 Å². The van der Waals surface area contributed by atoms with E-state index in [0.717, 1.165) is 0 Å². The van der Waals surface area contributed by atoms with E-state index in [-0.39, 0.29) is 12.2 Å². The monoisotopic (exact) mass is 229 g/mol. The van der Waals surface area contributed by atoms with Gasteiger partial charge in [-0.1, -0.05) is 29.3 Å². The van der Waals surface area contributed by atoms with E-state index in [9.17, 15) is 4.79 Å². The number of hydrogen-bond donors (Lipinski definition) is 1. The number of halogens is 2. The first-order valence-corrected chi connectivity index (χ1v) is 4.70. The third-order valence-corrected chi connectivity index (χ3v) is 2.36. The molecule has 0 saturated carbocycles. The Hall–Kier alpha value is -0.990. The number of carbonyl (C=O) groups is 1. The highest BCUT2D eigenvalue weighted by Gasteiger charge is 2.09. The van der Waals surface area contributed by atoms with Crippen molar-refractivity contribution >= 4 is 34.7 Å². The number of nitrogen functional groups attached to an aromatic ring is 1. The van der Waals surface area contributed by atoms with Crippen LogP contribution >= 0.6 is 23.2 Å². The van der Waals surface area contributed by atoms with Gasteiger partial charge in [0.05, 0.1) is 15.7 Å². The van der Waals surface area contributed by atoms with Gasteiger partial charge in [0, 0.05) is 12.0 Å². The van der Waals surface area contributed by atoms with Crippen LogP contribution in [0.3, 0.4) is 0 Å². The predicted molar refractivity (Wildman–Crippen MR) is 60.0 cm³/mol. The minimum Gasteiger partial charge on any atom is -0.396 e. The Labute approximate surface area is 92.3 Å². The van der Waals surface area contributed by atoms with Gasteiger partial charge in [-0.2, -0.15) is 0 Å². The summed E-state index contributed by atoms with van der Waals surface area (Å²) in [7, 11) is 0. The van der Waals surface area contributed by atoms with Crippen molar-refractivity contribution in [2.45, 2.75) is 6.42 Å². The molecule has 0 saturated heterocycles. The summed E-state index contributed by atoms with van der Waals surface area (Å²) in [5.74, 6) is -0.0798. The fourth-order valence-electron chi connectivity index (χ4n) is 0.994. The standard InChI is InChI=1S/C10H9Cl2NO/c1-2-3-9(14)6-4-7(11)10(13)8(12)5-6/h2,4-5H,1,3,13H2. The molecule has 1 rings (SSSR count). The molecule has 1 aromatic rings. The highest BCUT2D eigenvalue weighted by Crippen LogP contribution is 2.29. The van der Waals surface area contributed by atoms with E-state index >= 15 is 0 Å². The SMILES string of the molecule is C=CCC(=O)c1cc(Cl)c(N)c(Cl)c1. The van der Waals surface area contributed by atoms with Crippen LogP contribution in [0, 0.1) is 0 Å². The van der Waals surface area contributed by atoms with Crippen LogP contribution in [0.2, 0.25) is 10.0 Å². The van der Waals surface area contributed by atoms with Crippen LogP contribution in [-0.4, -0.2) is 5.78 Å². The lowest BCUT2D eigenvalue weighted by molar-refractivity contribution is 0.0996. The number of rotatable bonds is 3. The Bertz CT molecular complexity index is 365. The van der Waals surface area contributed by atoms with Crippen LogP contribution in [0.1, 0.15) is 16.8 Å². The largest absolute Gasteiger partial charge is 0.396 e. The topological polar surface area (TPSA) is 43.1 Å². The number of anilines is 1. The van der Waals surface area contributed by atoms with E-state index in [1.54, 1.807) is 0 Å². The molecule has 0 spiro atoms.